The lowest BCUT2D eigenvalue weighted by Gasteiger charge is -2.24. The Balaban J connectivity index is 1.83. The van der Waals surface area contributed by atoms with Crippen LogP contribution in [-0.4, -0.2) is 23.6 Å². The molecule has 0 atom stereocenters. The van der Waals surface area contributed by atoms with Crippen LogP contribution >= 0.6 is 0 Å². The number of rotatable bonds is 4. The number of aryl methyl sites for hydroxylation is 1. The number of carbonyl (C=O) groups is 1. The van der Waals surface area contributed by atoms with E-state index in [0.29, 0.717) is 36.8 Å². The van der Waals surface area contributed by atoms with Crippen LogP contribution in [0.5, 0.6) is 0 Å². The molecule has 28 heavy (non-hydrogen) atoms. The minimum Gasteiger partial charge on any atom is -0.381 e. The average molecular weight is 379 g/mol. The molecule has 0 unspecified atom stereocenters. The van der Waals surface area contributed by atoms with Gasteiger partial charge in [-0.2, -0.15) is 0 Å². The van der Waals surface area contributed by atoms with Gasteiger partial charge in [0.2, 0.25) is 5.43 Å². The van der Waals surface area contributed by atoms with Crippen LogP contribution in [0.4, 0.5) is 4.39 Å². The molecule has 1 aliphatic rings. The number of ether oxygens (including phenoxy) is 1. The lowest BCUT2D eigenvalue weighted by Crippen LogP contribution is -2.24. The maximum atomic E-state index is 13.9. The summed E-state index contributed by atoms with van der Waals surface area (Å²) in [6, 6.07) is 11.3. The first-order valence-corrected chi connectivity index (χ1v) is 9.55. The number of nitrogens with zero attached hydrogens (tertiary/aromatic N) is 1. The number of aromatic nitrogens is 1. The summed E-state index contributed by atoms with van der Waals surface area (Å²) >= 11 is 0. The quantitative estimate of drug-likeness (QED) is 0.641. The van der Waals surface area contributed by atoms with Gasteiger partial charge in [-0.25, -0.2) is 4.39 Å². The van der Waals surface area contributed by atoms with Crippen molar-refractivity contribution in [1.82, 2.24) is 4.57 Å². The number of pyridine rings is 1. The molecular formula is C23H22FNO3. The SMILES string of the molecule is Cc1ccc(C(=O)c2cn(CC3CCOCC3)c3ccc(F)cc3c2=O)cc1. The molecule has 1 fully saturated rings. The number of hydrogen-bond acceptors (Lipinski definition) is 3. The molecule has 0 amide bonds. The van der Waals surface area contributed by atoms with E-state index < -0.39 is 11.2 Å². The second-order valence-electron chi connectivity index (χ2n) is 7.44. The fraction of sp³-hybridized carbons (Fsp3) is 0.304. The topological polar surface area (TPSA) is 48.3 Å². The Labute approximate surface area is 162 Å². The van der Waals surface area contributed by atoms with Gasteiger partial charge in [-0.15, -0.1) is 0 Å². The van der Waals surface area contributed by atoms with Crippen molar-refractivity contribution in [2.75, 3.05) is 13.2 Å². The number of benzene rings is 2. The zero-order chi connectivity index (χ0) is 19.7. The molecule has 0 spiro atoms. The molecule has 3 aromatic rings. The van der Waals surface area contributed by atoms with E-state index in [1.54, 1.807) is 24.4 Å². The summed E-state index contributed by atoms with van der Waals surface area (Å²) in [4.78, 5) is 26.0. The Morgan fingerprint density at radius 1 is 1.14 bits per heavy atom. The van der Waals surface area contributed by atoms with Gasteiger partial charge in [-0.1, -0.05) is 29.8 Å². The predicted molar refractivity (Wildman–Crippen MR) is 106 cm³/mol. The van der Waals surface area contributed by atoms with Gasteiger partial charge in [0, 0.05) is 36.9 Å². The summed E-state index contributed by atoms with van der Waals surface area (Å²) in [6.45, 7) is 4.03. The highest BCUT2D eigenvalue weighted by Crippen LogP contribution is 2.21. The average Bonchev–Trinajstić information content (AvgIpc) is 2.71. The summed E-state index contributed by atoms with van der Waals surface area (Å²) in [5.74, 6) is -0.425. The highest BCUT2D eigenvalue weighted by molar-refractivity contribution is 6.10. The van der Waals surface area contributed by atoms with Gasteiger partial charge < -0.3 is 9.30 Å². The van der Waals surface area contributed by atoms with E-state index in [9.17, 15) is 14.0 Å². The number of hydrogen-bond donors (Lipinski definition) is 0. The Morgan fingerprint density at radius 3 is 2.57 bits per heavy atom. The smallest absolute Gasteiger partial charge is 0.200 e. The minimum atomic E-state index is -0.484. The fourth-order valence-electron chi connectivity index (χ4n) is 3.75. The van der Waals surface area contributed by atoms with E-state index >= 15 is 0 Å². The highest BCUT2D eigenvalue weighted by atomic mass is 19.1. The first-order chi connectivity index (χ1) is 13.5. The molecule has 0 saturated carbocycles. The van der Waals surface area contributed by atoms with Gasteiger partial charge in [-0.3, -0.25) is 9.59 Å². The zero-order valence-corrected chi connectivity index (χ0v) is 15.8. The maximum Gasteiger partial charge on any atom is 0.200 e. The molecule has 0 radical (unpaired) electrons. The number of halogens is 1. The van der Waals surface area contributed by atoms with Gasteiger partial charge in [0.15, 0.2) is 5.78 Å². The van der Waals surface area contributed by atoms with Crippen LogP contribution < -0.4 is 5.43 Å². The first-order valence-electron chi connectivity index (χ1n) is 9.55. The van der Waals surface area contributed by atoms with E-state index in [2.05, 4.69) is 0 Å². The molecule has 144 valence electrons. The van der Waals surface area contributed by atoms with E-state index in [0.717, 1.165) is 18.4 Å². The lowest BCUT2D eigenvalue weighted by atomic mass is 9.98. The molecule has 1 aromatic heterocycles. The van der Waals surface area contributed by atoms with Crippen LogP contribution in [-0.2, 0) is 11.3 Å². The van der Waals surface area contributed by atoms with Crippen molar-refractivity contribution in [3.8, 4) is 0 Å². The maximum absolute atomic E-state index is 13.9. The molecule has 0 aliphatic carbocycles. The predicted octanol–water partition coefficient (Wildman–Crippen LogP) is 4.11. The van der Waals surface area contributed by atoms with Crippen molar-refractivity contribution in [2.45, 2.75) is 26.3 Å². The molecule has 0 bridgehead atoms. The Hall–Kier alpha value is -2.79. The first kappa shape index (κ1) is 18.6. The van der Waals surface area contributed by atoms with E-state index in [1.807, 2.05) is 23.6 Å². The molecule has 0 N–H and O–H groups in total. The van der Waals surface area contributed by atoms with Gasteiger partial charge in [0.25, 0.3) is 0 Å². The number of ketones is 1. The second kappa shape index (κ2) is 7.68. The van der Waals surface area contributed by atoms with Crippen molar-refractivity contribution in [1.29, 1.82) is 0 Å². The van der Waals surface area contributed by atoms with Gasteiger partial charge >= 0.3 is 0 Å². The van der Waals surface area contributed by atoms with Crippen LogP contribution in [0.2, 0.25) is 0 Å². The fourth-order valence-corrected chi connectivity index (χ4v) is 3.75. The summed E-state index contributed by atoms with van der Waals surface area (Å²) in [5, 5.41) is 0.241. The third-order valence-electron chi connectivity index (χ3n) is 5.40. The molecule has 1 aliphatic heterocycles. The summed E-state index contributed by atoms with van der Waals surface area (Å²) < 4.78 is 21.2. The largest absolute Gasteiger partial charge is 0.381 e. The highest BCUT2D eigenvalue weighted by Gasteiger charge is 2.20. The van der Waals surface area contributed by atoms with E-state index in [4.69, 9.17) is 4.74 Å². The van der Waals surface area contributed by atoms with E-state index in [1.165, 1.54) is 12.1 Å². The Kier molecular flexibility index (Phi) is 5.09. The molecule has 2 aromatic carbocycles. The van der Waals surface area contributed by atoms with E-state index in [-0.39, 0.29) is 16.7 Å². The molecule has 4 nitrogen and oxygen atoms in total. The monoisotopic (exact) mass is 379 g/mol. The second-order valence-corrected chi connectivity index (χ2v) is 7.44. The third-order valence-corrected chi connectivity index (χ3v) is 5.40. The molecule has 1 saturated heterocycles. The molecule has 4 rings (SSSR count). The van der Waals surface area contributed by atoms with Crippen molar-refractivity contribution in [3.63, 3.8) is 0 Å². The number of fused-ring (bicyclic) bond motifs is 1. The Morgan fingerprint density at radius 2 is 1.86 bits per heavy atom. The van der Waals surface area contributed by atoms with Crippen molar-refractivity contribution in [2.24, 2.45) is 5.92 Å². The van der Waals surface area contributed by atoms with Crippen LogP contribution in [0.25, 0.3) is 10.9 Å². The molecule has 5 heteroatoms. The van der Waals surface area contributed by atoms with Crippen LogP contribution in [0.1, 0.15) is 34.3 Å². The standard InChI is InChI=1S/C23H22FNO3/c1-15-2-4-17(5-3-15)22(26)20-14-25(13-16-8-10-28-11-9-16)21-7-6-18(24)12-19(21)23(20)27/h2-7,12,14,16H,8-11,13H2,1H3. The third kappa shape index (κ3) is 3.62. The van der Waals surface area contributed by atoms with Crippen molar-refractivity contribution >= 4 is 16.7 Å². The lowest BCUT2D eigenvalue weighted by molar-refractivity contribution is 0.0615. The Bertz CT molecular complexity index is 1080. The summed E-state index contributed by atoms with van der Waals surface area (Å²) in [5.41, 5.74) is 1.79. The zero-order valence-electron chi connectivity index (χ0n) is 15.8. The minimum absolute atomic E-state index is 0.0778. The molecular weight excluding hydrogens is 357 g/mol. The van der Waals surface area contributed by atoms with Crippen LogP contribution in [0.15, 0.2) is 53.5 Å². The van der Waals surface area contributed by atoms with Crippen molar-refractivity contribution < 1.29 is 13.9 Å². The summed E-state index contributed by atoms with van der Waals surface area (Å²) in [6.07, 6.45) is 3.49. The van der Waals surface area contributed by atoms with Gasteiger partial charge in [-0.05, 0) is 43.9 Å². The van der Waals surface area contributed by atoms with Crippen LogP contribution in [0.3, 0.4) is 0 Å². The van der Waals surface area contributed by atoms with Gasteiger partial charge in [0.05, 0.1) is 11.1 Å². The van der Waals surface area contributed by atoms with Gasteiger partial charge in [0.1, 0.15) is 5.82 Å². The van der Waals surface area contributed by atoms with Crippen LogP contribution in [0, 0.1) is 18.7 Å². The summed E-state index contributed by atoms with van der Waals surface area (Å²) in [7, 11) is 0. The normalized spacial score (nSPS) is 15.1. The molecule has 2 heterocycles. The van der Waals surface area contributed by atoms with Crippen molar-refractivity contribution in [3.05, 3.63) is 81.4 Å². The number of carbonyl (C=O) groups excluding carboxylic acids is 1.